The molecule has 132 valence electrons. The lowest BCUT2D eigenvalue weighted by Gasteiger charge is -2.19. The monoisotopic (exact) mass is 358 g/mol. The molecule has 1 aromatic carbocycles. The normalized spacial score (nSPS) is 19.7. The number of ether oxygens (including phenoxy) is 1. The molecule has 3 rings (SSSR count). The van der Waals surface area contributed by atoms with Gasteiger partial charge in [0.05, 0.1) is 13.2 Å². The summed E-state index contributed by atoms with van der Waals surface area (Å²) in [6.07, 6.45) is 3.74. The first-order valence-corrected chi connectivity index (χ1v) is 9.36. The average Bonchev–Trinajstić information content (AvgIpc) is 3.05. The van der Waals surface area contributed by atoms with Crippen LogP contribution in [0.1, 0.15) is 18.4 Å². The highest BCUT2D eigenvalue weighted by Crippen LogP contribution is 2.31. The molecular weight excluding hydrogens is 336 g/mol. The van der Waals surface area contributed by atoms with Gasteiger partial charge in [-0.2, -0.15) is 0 Å². The molecule has 1 aromatic heterocycles. The molecule has 7 heteroatoms. The highest BCUT2D eigenvalue weighted by Gasteiger charge is 2.35. The van der Waals surface area contributed by atoms with Crippen molar-refractivity contribution in [3.05, 3.63) is 42.1 Å². The molecule has 25 heavy (non-hydrogen) atoms. The number of carbonyl (C=O) groups excluding carboxylic acids is 1. The van der Waals surface area contributed by atoms with E-state index in [1.54, 1.807) is 20.2 Å². The molecular formula is C18H22N4O2S. The van der Waals surface area contributed by atoms with Gasteiger partial charge in [0.25, 0.3) is 0 Å². The fourth-order valence-electron chi connectivity index (χ4n) is 3.19. The van der Waals surface area contributed by atoms with Crippen molar-refractivity contribution in [2.75, 3.05) is 31.4 Å². The van der Waals surface area contributed by atoms with Gasteiger partial charge in [-0.15, -0.1) is 0 Å². The van der Waals surface area contributed by atoms with Crippen LogP contribution in [0.25, 0.3) is 0 Å². The standard InChI is InChI=1S/C18H22N4O2S/c1-12(23)20-16-11-22(17-8-9-19-18(21-17)25-3)10-15(16)13-4-6-14(24-2)7-5-13/h4-9,15-16H,10-11H2,1-3H3,(H,20,23). The highest BCUT2D eigenvalue weighted by atomic mass is 32.2. The Balaban J connectivity index is 1.85. The van der Waals surface area contributed by atoms with E-state index in [4.69, 9.17) is 4.74 Å². The van der Waals surface area contributed by atoms with Crippen molar-refractivity contribution in [1.29, 1.82) is 0 Å². The fraction of sp³-hybridized carbons (Fsp3) is 0.389. The third-order valence-electron chi connectivity index (χ3n) is 4.38. The smallest absolute Gasteiger partial charge is 0.217 e. The fourth-order valence-corrected chi connectivity index (χ4v) is 3.54. The molecule has 1 aliphatic heterocycles. The van der Waals surface area contributed by atoms with Crippen LogP contribution < -0.4 is 15.0 Å². The van der Waals surface area contributed by atoms with E-state index in [0.29, 0.717) is 0 Å². The summed E-state index contributed by atoms with van der Waals surface area (Å²) in [5.74, 6) is 1.90. The lowest BCUT2D eigenvalue weighted by Crippen LogP contribution is -2.38. The average molecular weight is 358 g/mol. The van der Waals surface area contributed by atoms with Crippen LogP contribution in [0.5, 0.6) is 5.75 Å². The summed E-state index contributed by atoms with van der Waals surface area (Å²) >= 11 is 1.52. The molecule has 1 aliphatic rings. The predicted molar refractivity (Wildman–Crippen MR) is 99.4 cm³/mol. The summed E-state index contributed by atoms with van der Waals surface area (Å²) in [5, 5.41) is 3.84. The first kappa shape index (κ1) is 17.5. The van der Waals surface area contributed by atoms with Crippen molar-refractivity contribution < 1.29 is 9.53 Å². The van der Waals surface area contributed by atoms with E-state index < -0.39 is 0 Å². The topological polar surface area (TPSA) is 67.3 Å². The Morgan fingerprint density at radius 3 is 2.68 bits per heavy atom. The molecule has 0 spiro atoms. The van der Waals surface area contributed by atoms with E-state index in [-0.39, 0.29) is 17.9 Å². The Hall–Kier alpha value is -2.28. The SMILES string of the molecule is COc1ccc(C2CN(c3ccnc(SC)n3)CC2NC(C)=O)cc1. The van der Waals surface area contributed by atoms with Crippen LogP contribution in [0, 0.1) is 0 Å². The number of aromatic nitrogens is 2. The van der Waals surface area contributed by atoms with Crippen molar-refractivity contribution >= 4 is 23.5 Å². The van der Waals surface area contributed by atoms with Crippen molar-refractivity contribution in [2.24, 2.45) is 0 Å². The number of nitrogens with one attached hydrogen (secondary N) is 1. The first-order valence-electron chi connectivity index (χ1n) is 8.13. The van der Waals surface area contributed by atoms with Gasteiger partial charge in [0.1, 0.15) is 11.6 Å². The number of anilines is 1. The second kappa shape index (κ2) is 7.74. The minimum Gasteiger partial charge on any atom is -0.497 e. The molecule has 2 aromatic rings. The molecule has 1 N–H and O–H groups in total. The van der Waals surface area contributed by atoms with Crippen LogP contribution in [0.4, 0.5) is 5.82 Å². The molecule has 2 heterocycles. The van der Waals surface area contributed by atoms with Gasteiger partial charge in [-0.05, 0) is 30.0 Å². The Morgan fingerprint density at radius 2 is 2.04 bits per heavy atom. The summed E-state index contributed by atoms with van der Waals surface area (Å²) < 4.78 is 5.24. The predicted octanol–water partition coefficient (Wildman–Crippen LogP) is 2.32. The van der Waals surface area contributed by atoms with Crippen molar-refractivity contribution in [3.8, 4) is 5.75 Å². The molecule has 0 aliphatic carbocycles. The number of benzene rings is 1. The van der Waals surface area contributed by atoms with E-state index >= 15 is 0 Å². The third kappa shape index (κ3) is 4.04. The largest absolute Gasteiger partial charge is 0.497 e. The Kier molecular flexibility index (Phi) is 5.43. The number of rotatable bonds is 5. The van der Waals surface area contributed by atoms with Gasteiger partial charge in [-0.3, -0.25) is 4.79 Å². The molecule has 2 unspecified atom stereocenters. The van der Waals surface area contributed by atoms with Gasteiger partial charge in [0.15, 0.2) is 5.16 Å². The zero-order chi connectivity index (χ0) is 17.8. The third-order valence-corrected chi connectivity index (χ3v) is 4.94. The number of amides is 1. The quantitative estimate of drug-likeness (QED) is 0.654. The number of carbonyl (C=O) groups is 1. The van der Waals surface area contributed by atoms with E-state index in [0.717, 1.165) is 29.8 Å². The van der Waals surface area contributed by atoms with Gasteiger partial charge in [-0.1, -0.05) is 23.9 Å². The maximum atomic E-state index is 11.6. The minimum absolute atomic E-state index is 0.0159. The van der Waals surface area contributed by atoms with Crippen molar-refractivity contribution in [2.45, 2.75) is 24.0 Å². The zero-order valence-electron chi connectivity index (χ0n) is 14.6. The number of thioether (sulfide) groups is 1. The molecule has 6 nitrogen and oxygen atoms in total. The summed E-state index contributed by atoms with van der Waals surface area (Å²) in [6.45, 7) is 3.08. The minimum atomic E-state index is -0.0159. The van der Waals surface area contributed by atoms with Crippen LogP contribution >= 0.6 is 11.8 Å². The summed E-state index contributed by atoms with van der Waals surface area (Å²) in [7, 11) is 1.66. The van der Waals surface area contributed by atoms with E-state index in [1.807, 2.05) is 24.5 Å². The molecule has 1 amide bonds. The van der Waals surface area contributed by atoms with Crippen LogP contribution in [0.15, 0.2) is 41.7 Å². The van der Waals surface area contributed by atoms with Gasteiger partial charge in [-0.25, -0.2) is 9.97 Å². The molecule has 1 saturated heterocycles. The van der Waals surface area contributed by atoms with Gasteiger partial charge < -0.3 is 15.0 Å². The lowest BCUT2D eigenvalue weighted by atomic mass is 9.94. The second-order valence-corrected chi connectivity index (χ2v) is 6.77. The molecule has 2 atom stereocenters. The maximum absolute atomic E-state index is 11.6. The Bertz CT molecular complexity index is 738. The van der Waals surface area contributed by atoms with E-state index in [1.165, 1.54) is 17.3 Å². The Morgan fingerprint density at radius 1 is 1.28 bits per heavy atom. The maximum Gasteiger partial charge on any atom is 0.217 e. The van der Waals surface area contributed by atoms with Gasteiger partial charge in [0, 0.05) is 32.1 Å². The number of hydrogen-bond acceptors (Lipinski definition) is 6. The van der Waals surface area contributed by atoms with Gasteiger partial charge in [0.2, 0.25) is 5.91 Å². The van der Waals surface area contributed by atoms with Crippen LogP contribution in [-0.4, -0.2) is 48.4 Å². The zero-order valence-corrected chi connectivity index (χ0v) is 15.4. The summed E-state index contributed by atoms with van der Waals surface area (Å²) in [5.41, 5.74) is 1.18. The lowest BCUT2D eigenvalue weighted by molar-refractivity contribution is -0.119. The van der Waals surface area contributed by atoms with Crippen LogP contribution in [0.3, 0.4) is 0 Å². The highest BCUT2D eigenvalue weighted by molar-refractivity contribution is 7.98. The number of nitrogens with zero attached hydrogens (tertiary/aromatic N) is 3. The van der Waals surface area contributed by atoms with Gasteiger partial charge >= 0.3 is 0 Å². The molecule has 0 bridgehead atoms. The first-order chi connectivity index (χ1) is 12.1. The molecule has 0 saturated carbocycles. The Labute approximate surface area is 152 Å². The molecule has 1 fully saturated rings. The molecule has 0 radical (unpaired) electrons. The summed E-state index contributed by atoms with van der Waals surface area (Å²) in [6, 6.07) is 10.0. The van der Waals surface area contributed by atoms with Crippen LogP contribution in [0.2, 0.25) is 0 Å². The van der Waals surface area contributed by atoms with E-state index in [2.05, 4.69) is 32.3 Å². The summed E-state index contributed by atoms with van der Waals surface area (Å²) in [4.78, 5) is 22.7. The number of hydrogen-bond donors (Lipinski definition) is 1. The van der Waals surface area contributed by atoms with Crippen molar-refractivity contribution in [1.82, 2.24) is 15.3 Å². The van der Waals surface area contributed by atoms with E-state index in [9.17, 15) is 4.79 Å². The van der Waals surface area contributed by atoms with Crippen molar-refractivity contribution in [3.63, 3.8) is 0 Å². The second-order valence-electron chi connectivity index (χ2n) is 5.99. The van der Waals surface area contributed by atoms with Crippen LogP contribution in [-0.2, 0) is 4.79 Å². The number of methoxy groups -OCH3 is 1.